The van der Waals surface area contributed by atoms with Crippen molar-refractivity contribution in [2.24, 2.45) is 0 Å². The van der Waals surface area contributed by atoms with Gasteiger partial charge in [-0.1, -0.05) is 6.82 Å². The van der Waals surface area contributed by atoms with Crippen molar-refractivity contribution in [3.05, 3.63) is 29.1 Å². The second-order valence-corrected chi connectivity index (χ2v) is 2.66. The number of hydrogen-bond acceptors (Lipinski definition) is 1. The van der Waals surface area contributed by atoms with Crippen molar-refractivity contribution in [2.45, 2.75) is 6.82 Å². The van der Waals surface area contributed by atoms with Crippen LogP contribution < -0.4 is 5.46 Å². The Balaban J connectivity index is 3.60. The van der Waals surface area contributed by atoms with E-state index < -0.39 is 41.5 Å². The lowest BCUT2D eigenvalue weighted by Gasteiger charge is -2.07. The van der Waals surface area contributed by atoms with Gasteiger partial charge in [-0.05, 0) is 0 Å². The monoisotopic (exact) mass is 210 g/mol. The number of benzene rings is 1. The fourth-order valence-electron chi connectivity index (χ4n) is 0.989. The van der Waals surface area contributed by atoms with Gasteiger partial charge in [0.2, 0.25) is 0 Å². The largest absolute Gasteiger partial charge is 0.446 e. The average molecular weight is 210 g/mol. The van der Waals surface area contributed by atoms with Gasteiger partial charge in [0, 0.05) is 5.46 Å². The molecule has 0 unspecified atom stereocenters. The van der Waals surface area contributed by atoms with Crippen LogP contribution in [-0.4, -0.2) is 11.9 Å². The van der Waals surface area contributed by atoms with Crippen molar-refractivity contribution in [1.82, 2.24) is 0 Å². The zero-order chi connectivity index (χ0) is 11.0. The van der Waals surface area contributed by atoms with Crippen LogP contribution in [0.4, 0.5) is 22.0 Å². The summed E-state index contributed by atoms with van der Waals surface area (Å²) >= 11 is 0. The SMILES string of the molecule is CB(O)c1c(F)c(F)c(F)c(F)c1F. The maximum Gasteiger partial charge on any atom is 0.326 e. The van der Waals surface area contributed by atoms with Crippen molar-refractivity contribution in [3.8, 4) is 0 Å². The molecule has 0 aliphatic carbocycles. The molecule has 0 saturated heterocycles. The molecule has 0 heterocycles. The fourth-order valence-corrected chi connectivity index (χ4v) is 0.989. The Morgan fingerprint density at radius 2 is 1.07 bits per heavy atom. The Kier molecular flexibility index (Phi) is 2.80. The molecule has 76 valence electrons. The van der Waals surface area contributed by atoms with Crippen LogP contribution >= 0.6 is 0 Å². The molecule has 1 N–H and O–H groups in total. The number of rotatable bonds is 1. The third-order valence-corrected chi connectivity index (χ3v) is 1.66. The average Bonchev–Trinajstić information content (AvgIpc) is 2.11. The molecule has 14 heavy (non-hydrogen) atoms. The summed E-state index contributed by atoms with van der Waals surface area (Å²) in [6.45, 7) is -0.863. The standard InChI is InChI=1S/C7H4BF5O/c1-8(14)2-3(9)5(11)7(13)6(12)4(2)10/h14H,1H3. The molecule has 1 aromatic rings. The molecule has 0 spiro atoms. The molecule has 0 atom stereocenters. The van der Waals surface area contributed by atoms with Crippen LogP contribution in [0.1, 0.15) is 0 Å². The van der Waals surface area contributed by atoms with Crippen LogP contribution in [0.2, 0.25) is 6.82 Å². The van der Waals surface area contributed by atoms with Gasteiger partial charge >= 0.3 is 6.92 Å². The molecule has 0 aliphatic rings. The molecule has 0 bridgehead atoms. The molecule has 1 rings (SSSR count). The molecule has 0 fully saturated rings. The molecule has 1 aromatic carbocycles. The highest BCUT2D eigenvalue weighted by Crippen LogP contribution is 2.16. The molecular weight excluding hydrogens is 206 g/mol. The van der Waals surface area contributed by atoms with E-state index in [0.717, 1.165) is 6.82 Å². The van der Waals surface area contributed by atoms with Gasteiger partial charge in [-0.3, -0.25) is 0 Å². The Morgan fingerprint density at radius 1 is 0.786 bits per heavy atom. The third kappa shape index (κ3) is 1.47. The van der Waals surface area contributed by atoms with Crippen LogP contribution in [0.5, 0.6) is 0 Å². The minimum absolute atomic E-state index is 0.901. The van der Waals surface area contributed by atoms with Crippen molar-refractivity contribution in [2.75, 3.05) is 0 Å². The smallest absolute Gasteiger partial charge is 0.326 e. The summed E-state index contributed by atoms with van der Waals surface area (Å²) in [5.74, 6) is -10.4. The van der Waals surface area contributed by atoms with E-state index in [-0.39, 0.29) is 0 Å². The highest BCUT2D eigenvalue weighted by molar-refractivity contribution is 6.64. The molecule has 0 saturated carbocycles. The Labute approximate surface area is 76.3 Å². The maximum absolute atomic E-state index is 12.8. The Morgan fingerprint density at radius 3 is 1.36 bits per heavy atom. The van der Waals surface area contributed by atoms with E-state index in [0.29, 0.717) is 0 Å². The third-order valence-electron chi connectivity index (χ3n) is 1.66. The number of hydrogen-bond donors (Lipinski definition) is 1. The lowest BCUT2D eigenvalue weighted by Crippen LogP contribution is -2.35. The van der Waals surface area contributed by atoms with Crippen LogP contribution in [0, 0.1) is 29.1 Å². The highest BCUT2D eigenvalue weighted by atomic mass is 19.2. The van der Waals surface area contributed by atoms with Crippen molar-refractivity contribution >= 4 is 12.4 Å². The second kappa shape index (κ2) is 3.57. The summed E-state index contributed by atoms with van der Waals surface area (Å²) in [6.07, 6.45) is 0. The lowest BCUT2D eigenvalue weighted by atomic mass is 9.63. The minimum atomic E-state index is -2.23. The summed E-state index contributed by atoms with van der Waals surface area (Å²) in [7, 11) is 0. The molecule has 0 amide bonds. The normalized spacial score (nSPS) is 10.5. The summed E-state index contributed by atoms with van der Waals surface area (Å²) in [5.41, 5.74) is -1.22. The van der Waals surface area contributed by atoms with E-state index in [9.17, 15) is 22.0 Å². The molecular formula is C7H4BF5O. The molecule has 0 aliphatic heterocycles. The van der Waals surface area contributed by atoms with E-state index in [1.54, 1.807) is 0 Å². The molecule has 0 radical (unpaired) electrons. The van der Waals surface area contributed by atoms with Crippen molar-refractivity contribution < 1.29 is 27.0 Å². The Hall–Kier alpha value is -1.11. The Bertz CT molecular complexity index is 350. The fraction of sp³-hybridized carbons (Fsp3) is 0.143. The van der Waals surface area contributed by atoms with Crippen LogP contribution in [0.3, 0.4) is 0 Å². The predicted molar refractivity (Wildman–Crippen MR) is 39.7 cm³/mol. The van der Waals surface area contributed by atoms with Gasteiger partial charge in [0.1, 0.15) is 0 Å². The molecule has 1 nitrogen and oxygen atoms in total. The second-order valence-electron chi connectivity index (χ2n) is 2.66. The van der Waals surface area contributed by atoms with Crippen LogP contribution in [0.15, 0.2) is 0 Å². The molecule has 0 aromatic heterocycles. The lowest BCUT2D eigenvalue weighted by molar-refractivity contribution is 0.382. The summed E-state index contributed by atoms with van der Waals surface area (Å²) in [6, 6.07) is 0. The van der Waals surface area contributed by atoms with Gasteiger partial charge in [0.25, 0.3) is 0 Å². The van der Waals surface area contributed by atoms with Crippen molar-refractivity contribution in [1.29, 1.82) is 0 Å². The molecule has 7 heteroatoms. The first kappa shape index (κ1) is 11.0. The van der Waals surface area contributed by atoms with Gasteiger partial charge in [-0.2, -0.15) is 0 Å². The van der Waals surface area contributed by atoms with Gasteiger partial charge in [0.05, 0.1) is 0 Å². The first-order valence-electron chi connectivity index (χ1n) is 3.57. The van der Waals surface area contributed by atoms with E-state index in [1.807, 2.05) is 0 Å². The topological polar surface area (TPSA) is 20.2 Å². The summed E-state index contributed by atoms with van der Waals surface area (Å²) in [5, 5.41) is 8.79. The summed E-state index contributed by atoms with van der Waals surface area (Å²) in [4.78, 5) is 0. The number of halogens is 5. The van der Waals surface area contributed by atoms with E-state index >= 15 is 0 Å². The summed E-state index contributed by atoms with van der Waals surface area (Å²) < 4.78 is 63.0. The first-order chi connectivity index (χ1) is 6.37. The van der Waals surface area contributed by atoms with Crippen molar-refractivity contribution in [3.63, 3.8) is 0 Å². The van der Waals surface area contributed by atoms with E-state index in [2.05, 4.69) is 0 Å². The first-order valence-corrected chi connectivity index (χ1v) is 3.57. The highest BCUT2D eigenvalue weighted by Gasteiger charge is 2.29. The zero-order valence-corrected chi connectivity index (χ0v) is 6.91. The van der Waals surface area contributed by atoms with Crippen LogP contribution in [-0.2, 0) is 0 Å². The van der Waals surface area contributed by atoms with Crippen LogP contribution in [0.25, 0.3) is 0 Å². The van der Waals surface area contributed by atoms with Gasteiger partial charge in [-0.25, -0.2) is 22.0 Å². The van der Waals surface area contributed by atoms with Gasteiger partial charge in [0.15, 0.2) is 29.1 Å². The maximum atomic E-state index is 12.8. The zero-order valence-electron chi connectivity index (χ0n) is 6.91. The van der Waals surface area contributed by atoms with Gasteiger partial charge in [-0.15, -0.1) is 0 Å². The van der Waals surface area contributed by atoms with Gasteiger partial charge < -0.3 is 5.02 Å². The minimum Gasteiger partial charge on any atom is -0.446 e. The quantitative estimate of drug-likeness (QED) is 0.319. The van der Waals surface area contributed by atoms with E-state index in [4.69, 9.17) is 5.02 Å². The predicted octanol–water partition coefficient (Wildman–Crippen LogP) is 1.20. The van der Waals surface area contributed by atoms with E-state index in [1.165, 1.54) is 0 Å².